The van der Waals surface area contributed by atoms with E-state index in [1.165, 1.54) is 0 Å². The summed E-state index contributed by atoms with van der Waals surface area (Å²) in [6, 6.07) is 13.3. The van der Waals surface area contributed by atoms with Crippen LogP contribution in [0.2, 0.25) is 0 Å². The number of aromatic nitrogens is 6. The van der Waals surface area contributed by atoms with Crippen LogP contribution in [-0.4, -0.2) is 29.8 Å². The Bertz CT molecular complexity index is 1360. The smallest absolute Gasteiger partial charge is 0.248 e. The number of nitrogens with zero attached hydrogens (tertiary/aromatic N) is 4. The monoisotopic (exact) mass is 371 g/mol. The zero-order valence-corrected chi connectivity index (χ0v) is 15.1. The van der Waals surface area contributed by atoms with E-state index in [4.69, 9.17) is 0 Å². The van der Waals surface area contributed by atoms with E-state index in [-0.39, 0.29) is 5.56 Å². The third-order valence-corrected chi connectivity index (χ3v) is 4.68. The molecular formula is C20H17N7O. The summed E-state index contributed by atoms with van der Waals surface area (Å²) in [6.45, 7) is 2.04. The van der Waals surface area contributed by atoms with Crippen molar-refractivity contribution in [3.8, 4) is 0 Å². The second-order valence-corrected chi connectivity index (χ2v) is 6.71. The number of fused-ring (bicyclic) bond motifs is 2. The Labute approximate surface area is 159 Å². The van der Waals surface area contributed by atoms with Crippen LogP contribution in [0.4, 0.5) is 11.6 Å². The van der Waals surface area contributed by atoms with Gasteiger partial charge in [-0.2, -0.15) is 10.1 Å². The van der Waals surface area contributed by atoms with Gasteiger partial charge in [0.05, 0.1) is 11.7 Å². The zero-order valence-electron chi connectivity index (χ0n) is 15.1. The summed E-state index contributed by atoms with van der Waals surface area (Å²) in [7, 11) is 0. The van der Waals surface area contributed by atoms with Crippen molar-refractivity contribution in [1.82, 2.24) is 29.8 Å². The number of aryl methyl sites for hydroxylation is 1. The molecule has 0 amide bonds. The van der Waals surface area contributed by atoms with Crippen molar-refractivity contribution >= 4 is 28.2 Å². The summed E-state index contributed by atoms with van der Waals surface area (Å²) in [6.07, 6.45) is 4.06. The van der Waals surface area contributed by atoms with Crippen LogP contribution in [0.3, 0.4) is 0 Å². The number of nitrogens with one attached hydrogen (secondary N) is 3. The van der Waals surface area contributed by atoms with Gasteiger partial charge in [-0.15, -0.1) is 5.10 Å². The van der Waals surface area contributed by atoms with Crippen LogP contribution in [0.15, 0.2) is 59.7 Å². The molecule has 4 aromatic heterocycles. The molecule has 0 spiro atoms. The van der Waals surface area contributed by atoms with Gasteiger partial charge in [0.25, 0.3) is 0 Å². The Morgan fingerprint density at radius 2 is 2.11 bits per heavy atom. The highest BCUT2D eigenvalue weighted by Gasteiger charge is 2.10. The number of benzene rings is 1. The average molecular weight is 371 g/mol. The van der Waals surface area contributed by atoms with Crippen molar-refractivity contribution < 1.29 is 0 Å². The molecule has 4 heterocycles. The van der Waals surface area contributed by atoms with Crippen molar-refractivity contribution in [3.63, 3.8) is 0 Å². The predicted octanol–water partition coefficient (Wildman–Crippen LogP) is 2.94. The predicted molar refractivity (Wildman–Crippen MR) is 107 cm³/mol. The number of aromatic amines is 2. The molecule has 0 bridgehead atoms. The number of hydrogen-bond acceptors (Lipinski definition) is 5. The van der Waals surface area contributed by atoms with Gasteiger partial charge >= 0.3 is 0 Å². The van der Waals surface area contributed by atoms with Crippen LogP contribution in [0.1, 0.15) is 16.8 Å². The van der Waals surface area contributed by atoms with Gasteiger partial charge in [0.2, 0.25) is 11.5 Å². The third-order valence-electron chi connectivity index (χ3n) is 4.68. The van der Waals surface area contributed by atoms with Crippen molar-refractivity contribution in [2.75, 3.05) is 5.32 Å². The summed E-state index contributed by atoms with van der Waals surface area (Å²) in [5.74, 6) is 0.511. The van der Waals surface area contributed by atoms with Crippen LogP contribution in [0, 0.1) is 6.92 Å². The highest BCUT2D eigenvalue weighted by Crippen LogP contribution is 2.23. The molecule has 0 aliphatic carbocycles. The van der Waals surface area contributed by atoms with E-state index in [0.717, 1.165) is 39.1 Å². The molecule has 28 heavy (non-hydrogen) atoms. The normalized spacial score (nSPS) is 11.3. The molecule has 0 fully saturated rings. The van der Waals surface area contributed by atoms with E-state index >= 15 is 0 Å². The molecule has 0 aliphatic heterocycles. The first-order valence-electron chi connectivity index (χ1n) is 8.89. The molecule has 138 valence electrons. The number of rotatable bonds is 4. The summed E-state index contributed by atoms with van der Waals surface area (Å²) in [5, 5.41) is 16.0. The Balaban J connectivity index is 1.50. The van der Waals surface area contributed by atoms with Gasteiger partial charge in [0.1, 0.15) is 0 Å². The molecule has 0 saturated carbocycles. The minimum Gasteiger partial charge on any atom is -0.329 e. The van der Waals surface area contributed by atoms with E-state index in [0.29, 0.717) is 12.4 Å². The van der Waals surface area contributed by atoms with Crippen LogP contribution >= 0.6 is 0 Å². The van der Waals surface area contributed by atoms with Crippen LogP contribution < -0.4 is 10.9 Å². The number of H-pyrrole nitrogens is 2. The molecule has 5 rings (SSSR count). The largest absolute Gasteiger partial charge is 0.329 e. The van der Waals surface area contributed by atoms with E-state index in [1.807, 2.05) is 49.5 Å². The number of pyridine rings is 2. The molecule has 0 aliphatic rings. The highest BCUT2D eigenvalue weighted by atomic mass is 16.1. The standard InChI is InChI=1S/C20H17N7O/c1-12-7-14(10-17-16(12)11-22-25-17)23-20-24-18-4-2-3-15(27(18)26-20)8-13-5-6-21-19(28)9-13/h2-7,9-11H,8H2,1H3,(H,21,28)(H,22,25)(H,23,26). The molecule has 1 aromatic carbocycles. The van der Waals surface area contributed by atoms with E-state index < -0.39 is 0 Å². The molecule has 5 aromatic rings. The van der Waals surface area contributed by atoms with Crippen molar-refractivity contribution in [3.05, 3.63) is 82.0 Å². The molecule has 3 N–H and O–H groups in total. The van der Waals surface area contributed by atoms with Gasteiger partial charge in [-0.3, -0.25) is 9.89 Å². The molecule has 8 heteroatoms. The van der Waals surface area contributed by atoms with Crippen molar-refractivity contribution in [2.24, 2.45) is 0 Å². The first-order chi connectivity index (χ1) is 13.7. The Hall–Kier alpha value is -3.94. The summed E-state index contributed by atoms with van der Waals surface area (Å²) in [4.78, 5) is 18.8. The second-order valence-electron chi connectivity index (χ2n) is 6.71. The Morgan fingerprint density at radius 1 is 1.18 bits per heavy atom. The quantitative estimate of drug-likeness (QED) is 0.451. The van der Waals surface area contributed by atoms with Gasteiger partial charge < -0.3 is 10.3 Å². The first-order valence-corrected chi connectivity index (χ1v) is 8.89. The van der Waals surface area contributed by atoms with Gasteiger partial charge in [0.15, 0.2) is 5.65 Å². The first kappa shape index (κ1) is 16.2. The maximum absolute atomic E-state index is 11.5. The Kier molecular flexibility index (Phi) is 3.68. The van der Waals surface area contributed by atoms with Crippen molar-refractivity contribution in [2.45, 2.75) is 13.3 Å². The summed E-state index contributed by atoms with van der Waals surface area (Å²) >= 11 is 0. The van der Waals surface area contributed by atoms with Gasteiger partial charge in [-0.05, 0) is 48.4 Å². The van der Waals surface area contributed by atoms with Crippen LogP contribution in [-0.2, 0) is 6.42 Å². The molecular weight excluding hydrogens is 354 g/mol. The molecule has 0 saturated heterocycles. The highest BCUT2D eigenvalue weighted by molar-refractivity contribution is 5.85. The van der Waals surface area contributed by atoms with Gasteiger partial charge in [0, 0.05) is 35.5 Å². The minimum atomic E-state index is -0.116. The fourth-order valence-corrected chi connectivity index (χ4v) is 3.38. The summed E-state index contributed by atoms with van der Waals surface area (Å²) in [5.41, 5.74) is 5.46. The zero-order chi connectivity index (χ0) is 19.1. The molecule has 8 nitrogen and oxygen atoms in total. The fourth-order valence-electron chi connectivity index (χ4n) is 3.38. The fraction of sp³-hybridized carbons (Fsp3) is 0.100. The average Bonchev–Trinajstić information content (AvgIpc) is 3.29. The van der Waals surface area contributed by atoms with Crippen LogP contribution in [0.25, 0.3) is 16.6 Å². The van der Waals surface area contributed by atoms with Gasteiger partial charge in [-0.1, -0.05) is 6.07 Å². The lowest BCUT2D eigenvalue weighted by Gasteiger charge is -2.04. The molecule has 0 atom stereocenters. The number of anilines is 2. The maximum Gasteiger partial charge on any atom is 0.248 e. The lowest BCUT2D eigenvalue weighted by atomic mass is 10.1. The number of hydrogen-bond donors (Lipinski definition) is 3. The second kappa shape index (κ2) is 6.34. The van der Waals surface area contributed by atoms with E-state index in [9.17, 15) is 4.79 Å². The third kappa shape index (κ3) is 2.90. The molecule has 0 radical (unpaired) electrons. The van der Waals surface area contributed by atoms with Crippen molar-refractivity contribution in [1.29, 1.82) is 0 Å². The van der Waals surface area contributed by atoms with E-state index in [2.05, 4.69) is 30.6 Å². The van der Waals surface area contributed by atoms with Gasteiger partial charge in [-0.25, -0.2) is 4.52 Å². The maximum atomic E-state index is 11.5. The van der Waals surface area contributed by atoms with E-state index in [1.54, 1.807) is 16.8 Å². The molecule has 0 unspecified atom stereocenters. The Morgan fingerprint density at radius 3 is 3.00 bits per heavy atom. The summed E-state index contributed by atoms with van der Waals surface area (Å²) < 4.78 is 1.80. The van der Waals surface area contributed by atoms with Crippen LogP contribution in [0.5, 0.6) is 0 Å². The SMILES string of the molecule is Cc1cc(Nc2nc3cccc(Cc4cc[nH]c(=O)c4)n3n2)cc2[nH]ncc12. The minimum absolute atomic E-state index is 0.116. The lowest BCUT2D eigenvalue weighted by Crippen LogP contribution is -2.06. The topological polar surface area (TPSA) is 104 Å². The lowest BCUT2D eigenvalue weighted by molar-refractivity contribution is 0.881.